The average Bonchev–Trinajstić information content (AvgIpc) is 3.53. The lowest BCUT2D eigenvalue weighted by Gasteiger charge is -2.24. The first-order chi connectivity index (χ1) is 21.4. The van der Waals surface area contributed by atoms with Crippen LogP contribution < -0.4 is 5.73 Å². The van der Waals surface area contributed by atoms with E-state index >= 15 is 0 Å². The predicted molar refractivity (Wildman–Crippen MR) is 179 cm³/mol. The number of unbranched alkanes of at least 4 members (excludes halogenated alkanes) is 3. The number of nitrogens with zero attached hydrogens (tertiary/aromatic N) is 2. The van der Waals surface area contributed by atoms with Crippen molar-refractivity contribution in [1.29, 1.82) is 5.41 Å². The minimum absolute atomic E-state index is 0.0154. The number of hydrogen-bond donors (Lipinski definition) is 2. The number of fused-ring (bicyclic) bond motifs is 3. The van der Waals surface area contributed by atoms with Crippen molar-refractivity contribution in [1.82, 2.24) is 9.80 Å². The molecule has 3 aromatic rings. The summed E-state index contributed by atoms with van der Waals surface area (Å²) in [7, 11) is 0. The second-order valence-electron chi connectivity index (χ2n) is 12.5. The van der Waals surface area contributed by atoms with Crippen LogP contribution in [0.15, 0.2) is 72.8 Å². The molecule has 1 saturated heterocycles. The minimum Gasteiger partial charge on any atom is -0.388 e. The van der Waals surface area contributed by atoms with Gasteiger partial charge in [-0.25, -0.2) is 0 Å². The third-order valence-corrected chi connectivity index (χ3v) is 9.69. The Morgan fingerprint density at radius 2 is 1.68 bits per heavy atom. The third-order valence-electron chi connectivity index (χ3n) is 9.69. The molecular formula is C38H48N4O2. The fourth-order valence-corrected chi connectivity index (χ4v) is 7.38. The maximum absolute atomic E-state index is 13.9. The molecule has 0 spiro atoms. The number of amides is 2. The van der Waals surface area contributed by atoms with E-state index in [1.54, 1.807) is 0 Å². The highest BCUT2D eigenvalue weighted by atomic mass is 16.2. The van der Waals surface area contributed by atoms with Crippen LogP contribution in [0.3, 0.4) is 0 Å². The summed E-state index contributed by atoms with van der Waals surface area (Å²) in [4.78, 5) is 30.9. The minimum atomic E-state index is -0.0154. The number of nitrogens with one attached hydrogen (secondary N) is 1. The Hall–Kier alpha value is -3.93. The summed E-state index contributed by atoms with van der Waals surface area (Å²) in [6, 6.07) is 25.5. The fourth-order valence-electron chi connectivity index (χ4n) is 7.38. The molecule has 1 fully saturated rings. The summed E-state index contributed by atoms with van der Waals surface area (Å²) in [6.07, 6.45) is 8.42. The van der Waals surface area contributed by atoms with Crippen LogP contribution in [-0.4, -0.2) is 53.1 Å². The van der Waals surface area contributed by atoms with E-state index < -0.39 is 0 Å². The van der Waals surface area contributed by atoms with Gasteiger partial charge in [0.05, 0.1) is 5.84 Å². The number of aryl methyl sites for hydroxylation is 1. The summed E-state index contributed by atoms with van der Waals surface area (Å²) in [5.74, 6) is 0.794. The average molecular weight is 593 g/mol. The highest BCUT2D eigenvalue weighted by molar-refractivity contribution is 5.95. The molecule has 5 rings (SSSR count). The first-order valence-corrected chi connectivity index (χ1v) is 16.6. The van der Waals surface area contributed by atoms with Gasteiger partial charge in [0.25, 0.3) is 5.91 Å². The molecule has 2 aliphatic rings. The lowest BCUT2D eigenvalue weighted by molar-refractivity contribution is -0.132. The van der Waals surface area contributed by atoms with Gasteiger partial charge < -0.3 is 15.5 Å². The van der Waals surface area contributed by atoms with Gasteiger partial charge in [0.2, 0.25) is 5.91 Å². The molecule has 6 heteroatoms. The molecule has 1 aliphatic carbocycles. The van der Waals surface area contributed by atoms with Gasteiger partial charge in [0.1, 0.15) is 0 Å². The van der Waals surface area contributed by atoms with Gasteiger partial charge in [0, 0.05) is 49.5 Å². The van der Waals surface area contributed by atoms with Crippen molar-refractivity contribution >= 4 is 17.6 Å². The zero-order valence-corrected chi connectivity index (χ0v) is 26.4. The third kappa shape index (κ3) is 7.06. The molecule has 0 saturated carbocycles. The van der Waals surface area contributed by atoms with Crippen molar-refractivity contribution in [3.63, 3.8) is 0 Å². The van der Waals surface area contributed by atoms with Crippen molar-refractivity contribution < 1.29 is 9.59 Å². The number of hydrogen-bond acceptors (Lipinski definition) is 3. The topological polar surface area (TPSA) is 90.5 Å². The van der Waals surface area contributed by atoms with Crippen LogP contribution in [0.25, 0.3) is 11.1 Å². The quantitative estimate of drug-likeness (QED) is 0.111. The molecule has 232 valence electrons. The van der Waals surface area contributed by atoms with Crippen LogP contribution in [0.4, 0.5) is 0 Å². The molecule has 0 bridgehead atoms. The van der Waals surface area contributed by atoms with E-state index in [4.69, 9.17) is 11.1 Å². The second kappa shape index (κ2) is 14.7. The maximum Gasteiger partial charge on any atom is 0.253 e. The van der Waals surface area contributed by atoms with E-state index in [-0.39, 0.29) is 29.6 Å². The molecule has 0 unspecified atom stereocenters. The molecule has 0 radical (unpaired) electrons. The molecule has 3 N–H and O–H groups in total. The van der Waals surface area contributed by atoms with E-state index in [0.717, 1.165) is 74.6 Å². The number of carbonyl (C=O) groups is 2. The van der Waals surface area contributed by atoms with Crippen LogP contribution in [0.1, 0.15) is 91.8 Å². The molecule has 44 heavy (non-hydrogen) atoms. The monoisotopic (exact) mass is 592 g/mol. The number of rotatable bonds is 15. The highest BCUT2D eigenvalue weighted by Gasteiger charge is 2.51. The maximum atomic E-state index is 13.9. The molecule has 2 amide bonds. The molecule has 3 atom stereocenters. The van der Waals surface area contributed by atoms with E-state index in [9.17, 15) is 9.59 Å². The van der Waals surface area contributed by atoms with Gasteiger partial charge in [-0.2, -0.15) is 0 Å². The van der Waals surface area contributed by atoms with Gasteiger partial charge >= 0.3 is 0 Å². The zero-order valence-electron chi connectivity index (χ0n) is 26.4. The number of amidine groups is 1. The molecular weight excluding hydrogens is 544 g/mol. The summed E-state index contributed by atoms with van der Waals surface area (Å²) < 4.78 is 0. The van der Waals surface area contributed by atoms with Crippen LogP contribution in [0.5, 0.6) is 0 Å². The molecule has 1 heterocycles. The Balaban J connectivity index is 1.31. The largest absolute Gasteiger partial charge is 0.388 e. The van der Waals surface area contributed by atoms with E-state index in [1.165, 1.54) is 16.7 Å². The van der Waals surface area contributed by atoms with Crippen LogP contribution in [0.2, 0.25) is 0 Å². The summed E-state index contributed by atoms with van der Waals surface area (Å²) in [5.41, 5.74) is 12.5. The fraction of sp³-hybridized carbons (Fsp3) is 0.447. The van der Waals surface area contributed by atoms with Gasteiger partial charge in [-0.05, 0) is 92.3 Å². The zero-order chi connectivity index (χ0) is 31.1. The van der Waals surface area contributed by atoms with Crippen molar-refractivity contribution in [2.45, 2.75) is 83.6 Å². The molecule has 3 aromatic carbocycles. The lowest BCUT2D eigenvalue weighted by Crippen LogP contribution is -2.35. The normalized spacial score (nSPS) is 18.7. The van der Waals surface area contributed by atoms with E-state index in [1.807, 2.05) is 36.9 Å². The Morgan fingerprint density at radius 1 is 0.909 bits per heavy atom. The van der Waals surface area contributed by atoms with Crippen LogP contribution in [-0.2, 0) is 17.6 Å². The smallest absolute Gasteiger partial charge is 0.253 e. The Morgan fingerprint density at radius 3 is 2.43 bits per heavy atom. The number of likely N-dealkylation sites (tertiary alicyclic amines) is 1. The lowest BCUT2D eigenvalue weighted by atomic mass is 9.84. The van der Waals surface area contributed by atoms with Crippen LogP contribution in [0, 0.1) is 11.3 Å². The highest BCUT2D eigenvalue weighted by Crippen LogP contribution is 2.49. The van der Waals surface area contributed by atoms with E-state index in [0.29, 0.717) is 25.4 Å². The first-order valence-electron chi connectivity index (χ1n) is 16.6. The van der Waals surface area contributed by atoms with Gasteiger partial charge in [-0.15, -0.1) is 0 Å². The molecule has 0 aromatic heterocycles. The Kier molecular flexibility index (Phi) is 10.5. The Labute approximate surface area is 263 Å². The van der Waals surface area contributed by atoms with Gasteiger partial charge in [0.15, 0.2) is 0 Å². The van der Waals surface area contributed by atoms with Crippen molar-refractivity contribution in [2.24, 2.45) is 11.7 Å². The van der Waals surface area contributed by atoms with E-state index in [2.05, 4.69) is 59.5 Å². The molecule has 1 aliphatic heterocycles. The number of benzene rings is 3. The van der Waals surface area contributed by atoms with Crippen molar-refractivity contribution in [2.75, 3.05) is 19.6 Å². The number of nitrogens with two attached hydrogens (primary N) is 1. The number of carbonyl (C=O) groups excluding carboxylic acids is 2. The predicted octanol–water partition coefficient (Wildman–Crippen LogP) is 7.21. The Bertz CT molecular complexity index is 1450. The van der Waals surface area contributed by atoms with Crippen LogP contribution >= 0.6 is 0 Å². The van der Waals surface area contributed by atoms with Gasteiger partial charge in [-0.1, -0.05) is 73.5 Å². The summed E-state index contributed by atoms with van der Waals surface area (Å²) in [5, 5.41) is 7.58. The second-order valence-corrected chi connectivity index (χ2v) is 12.5. The summed E-state index contributed by atoms with van der Waals surface area (Å²) >= 11 is 0. The van der Waals surface area contributed by atoms with Crippen molar-refractivity contribution in [3.8, 4) is 11.1 Å². The summed E-state index contributed by atoms with van der Waals surface area (Å²) in [6.45, 7) is 6.23. The first kappa shape index (κ1) is 31.5. The van der Waals surface area contributed by atoms with Crippen molar-refractivity contribution in [3.05, 3.63) is 95.1 Å². The van der Waals surface area contributed by atoms with Gasteiger partial charge in [-0.3, -0.25) is 15.0 Å². The standard InChI is InChI=1S/C38H48N4O2/c1-3-41(4-2)37(43)30-18-13-17-28(24-30)29-21-22-32-31(25-29)26-34-36(32)33(19-10-11-20-35(39)40)38(44)42(34)23-12-6-9-16-27-14-7-5-8-15-27/h5,7-8,13-15,17-18,21-22,24-25,33-34,36H,3-4,6,9-12,16,19-20,23,26H2,1-2H3,(H3,39,40)/t33-,34+,36-/m1/s1. The SMILES string of the molecule is CCN(CC)C(=O)c1cccc(-c2ccc3c(c2)C[C@H]2[C@H]3[C@@H](CCCCC(=N)N)C(=O)N2CCCCCc2ccccc2)c1. The molecule has 6 nitrogen and oxygen atoms in total.